The molecular weight excluding hydrogens is 579 g/mol. The summed E-state index contributed by atoms with van der Waals surface area (Å²) in [5.41, 5.74) is 6.25. The molecule has 3 aromatic rings. The highest BCUT2D eigenvalue weighted by atomic mass is 19.4. The lowest BCUT2D eigenvalue weighted by Crippen LogP contribution is -2.51. The topological polar surface area (TPSA) is 143 Å². The number of rotatable bonds is 5. The number of nitrogens with one attached hydrogen (secondary N) is 2. The fourth-order valence-electron chi connectivity index (χ4n) is 4.47. The van der Waals surface area contributed by atoms with E-state index in [0.29, 0.717) is 29.9 Å². The van der Waals surface area contributed by atoms with E-state index in [1.807, 2.05) is 0 Å². The van der Waals surface area contributed by atoms with Crippen LogP contribution in [0, 0.1) is 6.92 Å². The summed E-state index contributed by atoms with van der Waals surface area (Å²) in [5, 5.41) is 5.04. The van der Waals surface area contributed by atoms with E-state index in [2.05, 4.69) is 20.6 Å². The maximum absolute atomic E-state index is 13.3. The molecule has 0 spiro atoms. The third kappa shape index (κ3) is 8.14. The number of ether oxygens (including phenoxy) is 1. The van der Waals surface area contributed by atoms with Crippen molar-refractivity contribution < 1.29 is 32.3 Å². The number of nitrogens with zero attached hydrogens (tertiary/aromatic N) is 4. The largest absolute Gasteiger partial charge is 0.444 e. The second-order valence-electron chi connectivity index (χ2n) is 11.3. The number of hydrogen-bond acceptors (Lipinski definition) is 7. The van der Waals surface area contributed by atoms with Gasteiger partial charge in [-0.05, 0) is 57.0 Å². The molecule has 234 valence electrons. The molecule has 4 amide bonds. The molecule has 0 aliphatic carbocycles. The Labute approximate surface area is 252 Å². The highest BCUT2D eigenvalue weighted by Crippen LogP contribution is 2.33. The summed E-state index contributed by atoms with van der Waals surface area (Å²) >= 11 is 0. The Bertz CT molecular complexity index is 1550. The first kappa shape index (κ1) is 32.0. The minimum absolute atomic E-state index is 0.00905. The van der Waals surface area contributed by atoms with E-state index in [-0.39, 0.29) is 42.4 Å². The van der Waals surface area contributed by atoms with Gasteiger partial charge in [-0.1, -0.05) is 24.3 Å². The lowest BCUT2D eigenvalue weighted by Gasteiger charge is -2.35. The molecule has 4 N–H and O–H groups in total. The van der Waals surface area contributed by atoms with Crippen LogP contribution in [0.25, 0.3) is 11.3 Å². The fourth-order valence-corrected chi connectivity index (χ4v) is 4.47. The summed E-state index contributed by atoms with van der Waals surface area (Å²) in [4.78, 5) is 49.8. The maximum atomic E-state index is 13.3. The third-order valence-corrected chi connectivity index (χ3v) is 6.70. The average molecular weight is 614 g/mol. The first-order chi connectivity index (χ1) is 20.6. The summed E-state index contributed by atoms with van der Waals surface area (Å²) in [5.74, 6) is -0.451. The third-order valence-electron chi connectivity index (χ3n) is 6.70. The monoisotopic (exact) mass is 613 g/mol. The number of aryl methyl sites for hydroxylation is 1. The van der Waals surface area contributed by atoms with Gasteiger partial charge in [0.2, 0.25) is 0 Å². The first-order valence-corrected chi connectivity index (χ1v) is 13.8. The second-order valence-corrected chi connectivity index (χ2v) is 11.3. The standard InChI is InChI=1S/C30H34F3N7O4/c1-18-8-9-21(15-22(18)30(31,32)33)37-27(42)36-16-19-6-5-7-20(14-19)23-17-35-25(34)24(38-23)26(41)39-10-12-40(13-11-39)28(43)44-29(2,3)4/h5-9,14-15,17H,10-13,16H2,1-4H3,(H2,34,35)(H2,36,37,42). The van der Waals surface area contributed by atoms with Crippen LogP contribution in [0.1, 0.15) is 48.0 Å². The van der Waals surface area contributed by atoms with Gasteiger partial charge in [0.15, 0.2) is 11.5 Å². The molecule has 1 fully saturated rings. The van der Waals surface area contributed by atoms with Crippen LogP contribution in [0.2, 0.25) is 0 Å². The van der Waals surface area contributed by atoms with Gasteiger partial charge in [0.25, 0.3) is 5.91 Å². The smallest absolute Gasteiger partial charge is 0.416 e. The van der Waals surface area contributed by atoms with E-state index in [9.17, 15) is 27.6 Å². The lowest BCUT2D eigenvalue weighted by molar-refractivity contribution is -0.138. The Kier molecular flexibility index (Phi) is 9.30. The van der Waals surface area contributed by atoms with Gasteiger partial charge in [-0.3, -0.25) is 4.79 Å². The molecule has 2 aromatic carbocycles. The van der Waals surface area contributed by atoms with E-state index < -0.39 is 35.4 Å². The van der Waals surface area contributed by atoms with Gasteiger partial charge in [-0.15, -0.1) is 0 Å². The number of benzene rings is 2. The van der Waals surface area contributed by atoms with Crippen molar-refractivity contribution in [2.75, 3.05) is 37.2 Å². The summed E-state index contributed by atoms with van der Waals surface area (Å²) < 4.78 is 45.0. The zero-order chi connectivity index (χ0) is 32.2. The highest BCUT2D eigenvalue weighted by molar-refractivity contribution is 5.97. The fraction of sp³-hybridized carbons (Fsp3) is 0.367. The van der Waals surface area contributed by atoms with Gasteiger partial charge in [0.1, 0.15) is 5.60 Å². The number of carbonyl (C=O) groups is 3. The summed E-state index contributed by atoms with van der Waals surface area (Å²) in [6.07, 6.45) is -3.55. The molecule has 1 saturated heterocycles. The zero-order valence-electron chi connectivity index (χ0n) is 24.8. The molecule has 0 radical (unpaired) electrons. The molecule has 0 unspecified atom stereocenters. The van der Waals surface area contributed by atoms with Gasteiger partial charge in [0.05, 0.1) is 17.5 Å². The van der Waals surface area contributed by atoms with Crippen LogP contribution in [0.3, 0.4) is 0 Å². The van der Waals surface area contributed by atoms with Crippen LogP contribution < -0.4 is 16.4 Å². The number of piperazine rings is 1. The van der Waals surface area contributed by atoms with Crippen LogP contribution >= 0.6 is 0 Å². The SMILES string of the molecule is Cc1ccc(NC(=O)NCc2cccc(-c3cnc(N)c(C(=O)N4CCN(C(=O)OC(C)(C)C)CC4)n3)c2)cc1C(F)(F)F. The number of urea groups is 1. The molecule has 0 atom stereocenters. The van der Waals surface area contributed by atoms with Gasteiger partial charge in [-0.25, -0.2) is 19.6 Å². The van der Waals surface area contributed by atoms with E-state index in [0.717, 1.165) is 6.07 Å². The Morgan fingerprint density at radius 1 is 1.00 bits per heavy atom. The van der Waals surface area contributed by atoms with Crippen molar-refractivity contribution in [3.05, 3.63) is 71.0 Å². The van der Waals surface area contributed by atoms with Gasteiger partial charge >= 0.3 is 18.3 Å². The Morgan fingerprint density at radius 3 is 2.34 bits per heavy atom. The van der Waals surface area contributed by atoms with E-state index >= 15 is 0 Å². The Hall–Kier alpha value is -4.88. The summed E-state index contributed by atoms with van der Waals surface area (Å²) in [7, 11) is 0. The number of nitrogens with two attached hydrogens (primary N) is 1. The number of alkyl halides is 3. The molecule has 0 bridgehead atoms. The molecule has 14 heteroatoms. The first-order valence-electron chi connectivity index (χ1n) is 13.8. The molecule has 1 aliphatic rings. The van der Waals surface area contributed by atoms with Crippen LogP contribution in [0.5, 0.6) is 0 Å². The second kappa shape index (κ2) is 12.8. The molecule has 0 saturated carbocycles. The van der Waals surface area contributed by atoms with E-state index in [4.69, 9.17) is 10.5 Å². The lowest BCUT2D eigenvalue weighted by atomic mass is 10.1. The molecule has 11 nitrogen and oxygen atoms in total. The number of aromatic nitrogens is 2. The quantitative estimate of drug-likeness (QED) is 0.365. The predicted octanol–water partition coefficient (Wildman–Crippen LogP) is 5.07. The molecule has 4 rings (SSSR count). The molecule has 1 aromatic heterocycles. The van der Waals surface area contributed by atoms with Gasteiger partial charge in [-0.2, -0.15) is 13.2 Å². The molecular formula is C30H34F3N7O4. The minimum Gasteiger partial charge on any atom is -0.444 e. The van der Waals surface area contributed by atoms with E-state index in [1.165, 1.54) is 25.3 Å². The maximum Gasteiger partial charge on any atom is 0.416 e. The minimum atomic E-state index is -4.54. The average Bonchev–Trinajstić information content (AvgIpc) is 2.96. The van der Waals surface area contributed by atoms with Gasteiger partial charge < -0.3 is 30.9 Å². The van der Waals surface area contributed by atoms with E-state index in [1.54, 1.807) is 54.8 Å². The number of halogens is 3. The highest BCUT2D eigenvalue weighted by Gasteiger charge is 2.33. The van der Waals surface area contributed by atoms with Crippen molar-refractivity contribution in [3.8, 4) is 11.3 Å². The predicted molar refractivity (Wildman–Crippen MR) is 158 cm³/mol. The van der Waals surface area contributed by atoms with Crippen molar-refractivity contribution in [2.45, 2.75) is 46.0 Å². The van der Waals surface area contributed by atoms with Gasteiger partial charge in [0, 0.05) is 44.0 Å². The molecule has 1 aliphatic heterocycles. The summed E-state index contributed by atoms with van der Waals surface area (Å²) in [6, 6.07) is 9.86. The molecule has 44 heavy (non-hydrogen) atoms. The number of hydrogen-bond donors (Lipinski definition) is 3. The number of anilines is 2. The number of carbonyl (C=O) groups excluding carboxylic acids is 3. The normalized spacial score (nSPS) is 13.8. The van der Waals surface area contributed by atoms with Crippen LogP contribution in [0.4, 0.5) is 34.3 Å². The Balaban J connectivity index is 1.39. The Morgan fingerprint density at radius 2 is 1.68 bits per heavy atom. The van der Waals surface area contributed by atoms with Crippen molar-refractivity contribution in [3.63, 3.8) is 0 Å². The van der Waals surface area contributed by atoms with Crippen molar-refractivity contribution in [1.82, 2.24) is 25.1 Å². The zero-order valence-corrected chi connectivity index (χ0v) is 24.8. The van der Waals surface area contributed by atoms with Crippen LogP contribution in [-0.4, -0.2) is 69.6 Å². The van der Waals surface area contributed by atoms with Crippen molar-refractivity contribution >= 4 is 29.5 Å². The van der Waals surface area contributed by atoms with Crippen LogP contribution in [-0.2, 0) is 17.5 Å². The number of nitrogen functional groups attached to an aromatic ring is 1. The number of amides is 4. The van der Waals surface area contributed by atoms with Crippen LogP contribution in [0.15, 0.2) is 48.7 Å². The summed E-state index contributed by atoms with van der Waals surface area (Å²) in [6.45, 7) is 7.90. The molecule has 2 heterocycles. The van der Waals surface area contributed by atoms with Crippen molar-refractivity contribution in [1.29, 1.82) is 0 Å². The van der Waals surface area contributed by atoms with Crippen molar-refractivity contribution in [2.24, 2.45) is 0 Å².